The molecule has 1 heterocycles. The number of amides is 1. The van der Waals surface area contributed by atoms with E-state index in [0.29, 0.717) is 17.8 Å². The van der Waals surface area contributed by atoms with E-state index in [1.165, 1.54) is 51.2 Å². The van der Waals surface area contributed by atoms with E-state index in [0.717, 1.165) is 19.3 Å². The van der Waals surface area contributed by atoms with Crippen molar-refractivity contribution in [3.05, 3.63) is 11.6 Å². The molecule has 0 unspecified atom stereocenters. The van der Waals surface area contributed by atoms with Crippen molar-refractivity contribution in [1.29, 1.82) is 0 Å². The standard InChI is InChI=1S/C19H27NO3/c1-23-19(22)17-10-14-4-2-3-5-16(14)20(17)18(21)11-15(12-6-7-12)13-8-9-13/h11-14,16-17H,2-10H2,1H3/t14-,16-,17+/m1/s1. The molecule has 0 aromatic rings. The molecule has 0 bridgehead atoms. The van der Waals surface area contributed by atoms with Crippen LogP contribution in [0.25, 0.3) is 0 Å². The first-order valence-corrected chi connectivity index (χ1v) is 9.30. The number of allylic oxidation sites excluding steroid dienone is 1. The fourth-order valence-electron chi connectivity index (χ4n) is 4.74. The molecule has 126 valence electrons. The molecule has 0 radical (unpaired) electrons. The van der Waals surface area contributed by atoms with E-state index in [4.69, 9.17) is 4.74 Å². The van der Waals surface area contributed by atoms with Crippen LogP contribution in [0.3, 0.4) is 0 Å². The zero-order chi connectivity index (χ0) is 16.0. The van der Waals surface area contributed by atoms with E-state index >= 15 is 0 Å². The van der Waals surface area contributed by atoms with Crippen LogP contribution in [0.1, 0.15) is 57.8 Å². The number of nitrogens with zero attached hydrogens (tertiary/aromatic N) is 1. The zero-order valence-electron chi connectivity index (χ0n) is 14.0. The van der Waals surface area contributed by atoms with E-state index in [1.807, 2.05) is 11.0 Å². The Morgan fingerprint density at radius 2 is 1.65 bits per heavy atom. The van der Waals surface area contributed by atoms with Gasteiger partial charge in [-0.05, 0) is 62.7 Å². The van der Waals surface area contributed by atoms with Crippen molar-refractivity contribution in [2.45, 2.75) is 69.9 Å². The van der Waals surface area contributed by atoms with Gasteiger partial charge in [0.05, 0.1) is 7.11 Å². The van der Waals surface area contributed by atoms with Gasteiger partial charge in [-0.25, -0.2) is 4.79 Å². The second kappa shape index (κ2) is 5.95. The molecule has 23 heavy (non-hydrogen) atoms. The van der Waals surface area contributed by atoms with Gasteiger partial charge in [-0.15, -0.1) is 0 Å². The van der Waals surface area contributed by atoms with Gasteiger partial charge < -0.3 is 9.64 Å². The molecular weight excluding hydrogens is 290 g/mol. The third-order valence-electron chi connectivity index (χ3n) is 6.20. The number of likely N-dealkylation sites (tertiary alicyclic amines) is 1. The zero-order valence-corrected chi connectivity index (χ0v) is 14.0. The van der Waals surface area contributed by atoms with Gasteiger partial charge in [-0.3, -0.25) is 4.79 Å². The maximum absolute atomic E-state index is 13.0. The third kappa shape index (κ3) is 2.92. The number of fused-ring (bicyclic) bond motifs is 1. The number of hydrogen-bond donors (Lipinski definition) is 0. The highest BCUT2D eigenvalue weighted by molar-refractivity contribution is 5.93. The summed E-state index contributed by atoms with van der Waals surface area (Å²) in [4.78, 5) is 27.2. The minimum absolute atomic E-state index is 0.0728. The van der Waals surface area contributed by atoms with E-state index in [1.54, 1.807) is 0 Å². The van der Waals surface area contributed by atoms with Crippen LogP contribution in [0.2, 0.25) is 0 Å². The summed E-state index contributed by atoms with van der Waals surface area (Å²) in [5.41, 5.74) is 1.37. The number of carbonyl (C=O) groups is 2. The Balaban J connectivity index is 1.58. The van der Waals surface area contributed by atoms with Crippen LogP contribution in [0.15, 0.2) is 11.6 Å². The lowest BCUT2D eigenvalue weighted by Crippen LogP contribution is -2.46. The van der Waals surface area contributed by atoms with Gasteiger partial charge in [0.1, 0.15) is 6.04 Å². The van der Waals surface area contributed by atoms with Crippen molar-refractivity contribution in [1.82, 2.24) is 4.90 Å². The van der Waals surface area contributed by atoms with Crippen LogP contribution in [0, 0.1) is 17.8 Å². The quantitative estimate of drug-likeness (QED) is 0.591. The minimum atomic E-state index is -0.364. The molecule has 4 heteroatoms. The lowest BCUT2D eigenvalue weighted by molar-refractivity contribution is -0.150. The van der Waals surface area contributed by atoms with Crippen LogP contribution < -0.4 is 0 Å². The highest BCUT2D eigenvalue weighted by Crippen LogP contribution is 2.49. The Morgan fingerprint density at radius 1 is 1.00 bits per heavy atom. The van der Waals surface area contributed by atoms with E-state index in [9.17, 15) is 9.59 Å². The van der Waals surface area contributed by atoms with E-state index in [2.05, 4.69) is 0 Å². The first kappa shape index (κ1) is 15.2. The van der Waals surface area contributed by atoms with Crippen molar-refractivity contribution in [3.8, 4) is 0 Å². The summed E-state index contributed by atoms with van der Waals surface area (Å²) in [5.74, 6) is 1.61. The molecule has 3 saturated carbocycles. The minimum Gasteiger partial charge on any atom is -0.467 e. The Morgan fingerprint density at radius 3 is 2.26 bits per heavy atom. The number of carbonyl (C=O) groups excluding carboxylic acids is 2. The lowest BCUT2D eigenvalue weighted by atomic mass is 9.84. The summed E-state index contributed by atoms with van der Waals surface area (Å²) >= 11 is 0. The topological polar surface area (TPSA) is 46.6 Å². The van der Waals surface area contributed by atoms with Crippen LogP contribution in [0.5, 0.6) is 0 Å². The molecular formula is C19H27NO3. The van der Waals surface area contributed by atoms with Gasteiger partial charge in [-0.1, -0.05) is 18.4 Å². The molecule has 4 fully saturated rings. The highest BCUT2D eigenvalue weighted by Gasteiger charge is 2.48. The molecule has 4 aliphatic rings. The van der Waals surface area contributed by atoms with Crippen molar-refractivity contribution in [2.75, 3.05) is 7.11 Å². The van der Waals surface area contributed by atoms with Gasteiger partial charge in [-0.2, -0.15) is 0 Å². The first-order valence-electron chi connectivity index (χ1n) is 9.30. The Labute approximate surface area is 138 Å². The first-order chi connectivity index (χ1) is 11.2. The third-order valence-corrected chi connectivity index (χ3v) is 6.20. The molecule has 4 rings (SSSR count). The Bertz CT molecular complexity index is 519. The number of ether oxygens (including phenoxy) is 1. The van der Waals surface area contributed by atoms with Crippen molar-refractivity contribution in [2.24, 2.45) is 17.8 Å². The van der Waals surface area contributed by atoms with Gasteiger partial charge in [0.25, 0.3) is 0 Å². The number of rotatable bonds is 4. The predicted molar refractivity (Wildman–Crippen MR) is 86.5 cm³/mol. The molecule has 0 aromatic heterocycles. The van der Waals surface area contributed by atoms with Crippen LogP contribution in [0.4, 0.5) is 0 Å². The van der Waals surface area contributed by atoms with Crippen molar-refractivity contribution in [3.63, 3.8) is 0 Å². The summed E-state index contributed by atoms with van der Waals surface area (Å²) in [7, 11) is 1.43. The molecule has 0 spiro atoms. The summed E-state index contributed by atoms with van der Waals surface area (Å²) in [6.45, 7) is 0. The van der Waals surface area contributed by atoms with Crippen LogP contribution in [-0.2, 0) is 14.3 Å². The number of methoxy groups -OCH3 is 1. The molecule has 1 saturated heterocycles. The summed E-state index contributed by atoms with van der Waals surface area (Å²) in [6.07, 6.45) is 12.2. The average Bonchev–Trinajstić information content (AvgIpc) is 3.47. The lowest BCUT2D eigenvalue weighted by Gasteiger charge is -2.32. The smallest absolute Gasteiger partial charge is 0.328 e. The Hall–Kier alpha value is -1.32. The predicted octanol–water partition coefficient (Wildman–Crippen LogP) is 3.07. The molecule has 1 amide bonds. The summed E-state index contributed by atoms with van der Waals surface area (Å²) in [5, 5.41) is 0. The van der Waals surface area contributed by atoms with Gasteiger partial charge in [0.15, 0.2) is 0 Å². The van der Waals surface area contributed by atoms with Crippen LogP contribution >= 0.6 is 0 Å². The van der Waals surface area contributed by atoms with Crippen molar-refractivity contribution >= 4 is 11.9 Å². The monoisotopic (exact) mass is 317 g/mol. The highest BCUT2D eigenvalue weighted by atomic mass is 16.5. The van der Waals surface area contributed by atoms with E-state index < -0.39 is 0 Å². The Kier molecular flexibility index (Phi) is 3.94. The van der Waals surface area contributed by atoms with Gasteiger partial charge >= 0.3 is 5.97 Å². The van der Waals surface area contributed by atoms with E-state index in [-0.39, 0.29) is 24.0 Å². The number of hydrogen-bond acceptors (Lipinski definition) is 3. The average molecular weight is 317 g/mol. The second-order valence-electron chi connectivity index (χ2n) is 7.82. The molecule has 3 atom stereocenters. The maximum atomic E-state index is 13.0. The molecule has 0 aromatic carbocycles. The van der Waals surface area contributed by atoms with Gasteiger partial charge in [0, 0.05) is 12.1 Å². The molecule has 3 aliphatic carbocycles. The largest absolute Gasteiger partial charge is 0.467 e. The molecule has 4 nitrogen and oxygen atoms in total. The summed E-state index contributed by atoms with van der Waals surface area (Å²) in [6, 6.07) is -0.118. The SMILES string of the molecule is COC(=O)[C@@H]1C[C@H]2CCCC[C@H]2N1C(=O)C=C(C1CC1)C1CC1. The molecule has 1 aliphatic heterocycles. The summed E-state index contributed by atoms with van der Waals surface area (Å²) < 4.78 is 4.99. The van der Waals surface area contributed by atoms with Gasteiger partial charge in [0.2, 0.25) is 5.91 Å². The fraction of sp³-hybridized carbons (Fsp3) is 0.789. The maximum Gasteiger partial charge on any atom is 0.328 e. The molecule has 0 N–H and O–H groups in total. The number of esters is 1. The van der Waals surface area contributed by atoms with Crippen LogP contribution in [-0.4, -0.2) is 36.0 Å². The normalized spacial score (nSPS) is 33.1. The fourth-order valence-corrected chi connectivity index (χ4v) is 4.74. The second-order valence-corrected chi connectivity index (χ2v) is 7.82. The van der Waals surface area contributed by atoms with Crippen molar-refractivity contribution < 1.29 is 14.3 Å².